The molecule has 0 spiro atoms. The fourth-order valence-electron chi connectivity index (χ4n) is 3.72. The van der Waals surface area contributed by atoms with Gasteiger partial charge in [-0.3, -0.25) is 0 Å². The Morgan fingerprint density at radius 3 is 0.930 bits per heavy atom. The second-order valence-electron chi connectivity index (χ2n) is 8.49. The Morgan fingerprint density at radius 2 is 0.698 bits per heavy atom. The predicted molar refractivity (Wildman–Crippen MR) is 150 cm³/mol. The third-order valence-corrected chi connectivity index (χ3v) is 5.71. The van der Waals surface area contributed by atoms with Gasteiger partial charge >= 0.3 is 37.7 Å². The first kappa shape index (κ1) is 31.9. The van der Waals surface area contributed by atoms with E-state index < -0.39 is 17.9 Å². The Balaban J connectivity index is 0.000000175. The summed E-state index contributed by atoms with van der Waals surface area (Å²) in [5, 5.41) is 61.9. The van der Waals surface area contributed by atoms with Crippen molar-refractivity contribution >= 4 is 70.4 Å². The van der Waals surface area contributed by atoms with Crippen LogP contribution < -0.4 is 15.3 Å². The van der Waals surface area contributed by atoms with Gasteiger partial charge < -0.3 is 30.6 Å². The van der Waals surface area contributed by atoms with Crippen LogP contribution in [0, 0.1) is 0 Å². The zero-order chi connectivity index (χ0) is 30.4. The molecule has 12 nitrogen and oxygen atoms in total. The Hall–Kier alpha value is -5.66. The molecule has 6 aromatic rings. The number of carbonyl (C=O) groups is 3. The molecule has 0 unspecified atom stereocenters. The summed E-state index contributed by atoms with van der Waals surface area (Å²) in [6.07, 6.45) is 0. The topological polar surface area (TPSA) is 220 Å². The van der Waals surface area contributed by atoms with Crippen molar-refractivity contribution in [2.75, 3.05) is 0 Å². The van der Waals surface area contributed by atoms with E-state index in [2.05, 4.69) is 15.0 Å². The van der Waals surface area contributed by atoms with Gasteiger partial charge in [-0.2, -0.15) is 0 Å². The van der Waals surface area contributed by atoms with Crippen LogP contribution in [0.1, 0.15) is 31.5 Å². The first-order valence-electron chi connectivity index (χ1n) is 12.0. The number of aromatic carboxylic acids is 3. The van der Waals surface area contributed by atoms with Crippen LogP contribution in [0.4, 0.5) is 0 Å². The molecule has 0 saturated heterocycles. The molecule has 0 radical (unpaired) electrons. The number of hydrogen-bond donors (Lipinski definition) is 3. The molecule has 6 rings (SSSR count). The van der Waals surface area contributed by atoms with Crippen LogP contribution in [-0.4, -0.2) is 68.0 Å². The van der Waals surface area contributed by atoms with E-state index in [0.29, 0.717) is 16.2 Å². The monoisotopic (exact) mass is 633 g/mol. The maximum Gasteiger partial charge on any atom is 3.00 e. The summed E-state index contributed by atoms with van der Waals surface area (Å²) in [7, 11) is 0. The molecule has 0 bridgehead atoms. The Labute approximate surface area is 255 Å². The minimum atomic E-state index is -1.13. The molecule has 210 valence electrons. The van der Waals surface area contributed by atoms with Crippen molar-refractivity contribution in [2.24, 2.45) is 0 Å². The number of carboxylic acid groups (broad SMARTS) is 3. The number of hydrogen-bond acceptors (Lipinski definition) is 9. The van der Waals surface area contributed by atoms with Crippen molar-refractivity contribution in [3.05, 3.63) is 108 Å². The quantitative estimate of drug-likeness (QED) is 0.239. The zero-order valence-electron chi connectivity index (χ0n) is 21.9. The van der Waals surface area contributed by atoms with Gasteiger partial charge in [0.25, 0.3) is 0 Å². The smallest absolute Gasteiger partial charge is 0.871 e. The van der Waals surface area contributed by atoms with Crippen LogP contribution in [-0.2, 0) is 0 Å². The molecule has 0 fully saturated rings. The molecule has 0 saturated carbocycles. The SMILES string of the molecule is O=C(O)c1ccc2cccc([O-])c2n1.O=C(O)c1ccc2cccc([O-])c2n1.O=C(O)c1ccc2cccc([O-])c2n1.[Ga+3]. The number of pyridine rings is 3. The van der Waals surface area contributed by atoms with E-state index in [1.54, 1.807) is 54.6 Å². The van der Waals surface area contributed by atoms with Crippen LogP contribution in [0.15, 0.2) is 91.0 Å². The number of rotatable bonds is 3. The molecule has 0 aliphatic carbocycles. The van der Waals surface area contributed by atoms with Crippen LogP contribution in [0.5, 0.6) is 17.2 Å². The average Bonchev–Trinajstić information content (AvgIpc) is 2.98. The standard InChI is InChI=1S/3C10H7NO3.Ga/c3*12-8-3-1-2-6-4-5-7(10(13)14)11-9(6)8;/h3*1-5,12H,(H,13,14);/q;;;+3/p-3. The summed E-state index contributed by atoms with van der Waals surface area (Å²) in [6.45, 7) is 0. The van der Waals surface area contributed by atoms with Gasteiger partial charge in [-0.1, -0.05) is 90.0 Å². The van der Waals surface area contributed by atoms with E-state index in [9.17, 15) is 29.7 Å². The number of fused-ring (bicyclic) bond motifs is 3. The fraction of sp³-hybridized carbons (Fsp3) is 0. The number of aromatic nitrogens is 3. The molecule has 13 heteroatoms. The van der Waals surface area contributed by atoms with Crippen molar-refractivity contribution < 1.29 is 45.0 Å². The van der Waals surface area contributed by atoms with E-state index in [0.717, 1.165) is 0 Å². The van der Waals surface area contributed by atoms with Crippen molar-refractivity contribution in [3.8, 4) is 17.2 Å². The summed E-state index contributed by atoms with van der Waals surface area (Å²) in [5.74, 6) is -4.16. The van der Waals surface area contributed by atoms with Gasteiger partial charge in [-0.05, 0) is 34.4 Å². The summed E-state index contributed by atoms with van der Waals surface area (Å²) >= 11 is 0. The van der Waals surface area contributed by atoms with E-state index in [1.807, 2.05) is 0 Å². The second kappa shape index (κ2) is 13.8. The van der Waals surface area contributed by atoms with E-state index in [-0.39, 0.29) is 70.7 Å². The Morgan fingerprint density at radius 1 is 0.442 bits per heavy atom. The summed E-state index contributed by atoms with van der Waals surface area (Å²) in [6, 6.07) is 23.0. The Bertz CT molecular complexity index is 1760. The normalized spacial score (nSPS) is 10.0. The van der Waals surface area contributed by atoms with Crippen molar-refractivity contribution in [1.29, 1.82) is 0 Å². The van der Waals surface area contributed by atoms with Crippen LogP contribution in [0.2, 0.25) is 0 Å². The molecule has 0 amide bonds. The number of benzene rings is 3. The summed E-state index contributed by atoms with van der Waals surface area (Å²) in [4.78, 5) is 43.1. The molecule has 0 aliphatic rings. The number of para-hydroxylation sites is 3. The van der Waals surface area contributed by atoms with E-state index in [1.165, 1.54) is 36.4 Å². The molecule has 3 N–H and O–H groups in total. The zero-order valence-corrected chi connectivity index (χ0v) is 24.3. The largest absolute Gasteiger partial charge is 3.00 e. The molecular formula is C30H18GaN3O9. The van der Waals surface area contributed by atoms with Crippen molar-refractivity contribution in [3.63, 3.8) is 0 Å². The van der Waals surface area contributed by atoms with Gasteiger partial charge in [-0.25, -0.2) is 29.3 Å². The molecule has 3 aromatic heterocycles. The molecule has 0 aliphatic heterocycles. The van der Waals surface area contributed by atoms with Gasteiger partial charge in [0.1, 0.15) is 17.1 Å². The van der Waals surface area contributed by atoms with Crippen LogP contribution in [0.3, 0.4) is 0 Å². The maximum absolute atomic E-state index is 11.3. The minimum absolute atomic E-state index is 0. The Kier molecular flexibility index (Phi) is 10.2. The fourth-order valence-corrected chi connectivity index (χ4v) is 3.72. The first-order valence-corrected chi connectivity index (χ1v) is 12.0. The molecule has 3 aromatic carbocycles. The van der Waals surface area contributed by atoms with Crippen LogP contribution in [0.25, 0.3) is 32.7 Å². The van der Waals surface area contributed by atoms with E-state index in [4.69, 9.17) is 15.3 Å². The summed E-state index contributed by atoms with van der Waals surface area (Å²) < 4.78 is 0. The van der Waals surface area contributed by atoms with Gasteiger partial charge in [0.2, 0.25) is 0 Å². The average molecular weight is 634 g/mol. The van der Waals surface area contributed by atoms with Crippen molar-refractivity contribution in [1.82, 2.24) is 15.0 Å². The molecule has 3 heterocycles. The molecular weight excluding hydrogens is 616 g/mol. The second-order valence-corrected chi connectivity index (χ2v) is 8.49. The van der Waals surface area contributed by atoms with Gasteiger partial charge in [0.05, 0.1) is 16.6 Å². The van der Waals surface area contributed by atoms with Crippen LogP contribution >= 0.6 is 0 Å². The van der Waals surface area contributed by atoms with Crippen molar-refractivity contribution in [2.45, 2.75) is 0 Å². The number of nitrogens with zero attached hydrogens (tertiary/aromatic N) is 3. The minimum Gasteiger partial charge on any atom is -0.871 e. The summed E-state index contributed by atoms with van der Waals surface area (Å²) in [5.41, 5.74) is 0.273. The maximum atomic E-state index is 11.3. The molecule has 43 heavy (non-hydrogen) atoms. The van der Waals surface area contributed by atoms with Gasteiger partial charge in [-0.15, -0.1) is 0 Å². The first-order chi connectivity index (χ1) is 20.0. The van der Waals surface area contributed by atoms with Gasteiger partial charge in [0, 0.05) is 0 Å². The third kappa shape index (κ3) is 7.55. The number of carboxylic acids is 3. The van der Waals surface area contributed by atoms with Gasteiger partial charge in [0.15, 0.2) is 0 Å². The molecule has 0 atom stereocenters. The predicted octanol–water partition coefficient (Wildman–Crippen LogP) is 2.64. The third-order valence-electron chi connectivity index (χ3n) is 5.71. The van der Waals surface area contributed by atoms with E-state index >= 15 is 0 Å².